The minimum Gasteiger partial charge on any atom is -0.494 e. The van der Waals surface area contributed by atoms with Crippen molar-refractivity contribution in [2.45, 2.75) is 12.8 Å². The summed E-state index contributed by atoms with van der Waals surface area (Å²) in [6.45, 7) is 0.335. The van der Waals surface area contributed by atoms with Crippen LogP contribution in [0.25, 0.3) is 0 Å². The molecule has 1 aromatic carbocycles. The fourth-order valence-electron chi connectivity index (χ4n) is 1.72. The van der Waals surface area contributed by atoms with Crippen molar-refractivity contribution < 1.29 is 28.6 Å². The van der Waals surface area contributed by atoms with Crippen LogP contribution in [0, 0.1) is 5.82 Å². The van der Waals surface area contributed by atoms with Gasteiger partial charge in [0.25, 0.3) is 0 Å². The molecule has 0 bridgehead atoms. The largest absolute Gasteiger partial charge is 0.494 e. The van der Waals surface area contributed by atoms with Crippen LogP contribution in [-0.4, -0.2) is 47.9 Å². The molecule has 1 rings (SSSR count). The third-order valence-electron chi connectivity index (χ3n) is 2.85. The van der Waals surface area contributed by atoms with Crippen molar-refractivity contribution in [3.63, 3.8) is 0 Å². The van der Waals surface area contributed by atoms with Crippen LogP contribution in [0.2, 0.25) is 0 Å². The average Bonchev–Trinajstić information content (AvgIpc) is 2.51. The summed E-state index contributed by atoms with van der Waals surface area (Å²) in [5.74, 6) is -1.65. The van der Waals surface area contributed by atoms with Gasteiger partial charge in [-0.25, -0.2) is 4.39 Å². The van der Waals surface area contributed by atoms with Crippen LogP contribution >= 0.6 is 11.8 Å². The predicted octanol–water partition coefficient (Wildman–Crippen LogP) is 1.73. The van der Waals surface area contributed by atoms with Gasteiger partial charge in [-0.05, 0) is 18.2 Å². The number of rotatable bonds is 10. The smallest absolute Gasteiger partial charge is 0.313 e. The van der Waals surface area contributed by atoms with E-state index >= 15 is 0 Å². The average molecular weight is 343 g/mol. The summed E-state index contributed by atoms with van der Waals surface area (Å²) < 4.78 is 18.3. The summed E-state index contributed by atoms with van der Waals surface area (Å²) in [5, 5.41) is 11.0. The van der Waals surface area contributed by atoms with Crippen LogP contribution in [0.3, 0.4) is 0 Å². The zero-order valence-electron chi connectivity index (χ0n) is 12.6. The number of methoxy groups -OCH3 is 1. The Bertz CT molecular complexity index is 579. The molecule has 0 atom stereocenters. The molecule has 0 heterocycles. The molecule has 2 N–H and O–H groups in total. The Balaban J connectivity index is 2.31. The molecule has 0 unspecified atom stereocenters. The number of benzene rings is 1. The topological polar surface area (TPSA) is 92.7 Å². The summed E-state index contributed by atoms with van der Waals surface area (Å²) in [6.07, 6.45) is -0.0318. The van der Waals surface area contributed by atoms with Gasteiger partial charge in [0, 0.05) is 30.7 Å². The quantitative estimate of drug-likeness (QED) is 0.496. The molecular weight excluding hydrogens is 325 g/mol. The highest BCUT2D eigenvalue weighted by atomic mass is 32.2. The molecule has 0 aliphatic heterocycles. The van der Waals surface area contributed by atoms with Crippen LogP contribution in [0.1, 0.15) is 23.2 Å². The van der Waals surface area contributed by atoms with Gasteiger partial charge in [-0.2, -0.15) is 0 Å². The molecule has 1 amide bonds. The Morgan fingerprint density at radius 3 is 2.65 bits per heavy atom. The number of amides is 1. The predicted molar refractivity (Wildman–Crippen MR) is 84.5 cm³/mol. The van der Waals surface area contributed by atoms with Gasteiger partial charge in [0.1, 0.15) is 0 Å². The minimum absolute atomic E-state index is 0.00389. The molecule has 6 nitrogen and oxygen atoms in total. The molecule has 0 aliphatic rings. The lowest BCUT2D eigenvalue weighted by atomic mass is 10.1. The molecular formula is C15H18FNO5S. The first-order valence-electron chi connectivity index (χ1n) is 6.87. The van der Waals surface area contributed by atoms with Gasteiger partial charge in [-0.1, -0.05) is 0 Å². The van der Waals surface area contributed by atoms with E-state index in [4.69, 9.17) is 9.84 Å². The molecule has 126 valence electrons. The fraction of sp³-hybridized carbons (Fsp3) is 0.400. The lowest BCUT2D eigenvalue weighted by Crippen LogP contribution is -2.26. The highest BCUT2D eigenvalue weighted by Crippen LogP contribution is 2.18. The monoisotopic (exact) mass is 343 g/mol. The van der Waals surface area contributed by atoms with Crippen molar-refractivity contribution in [2.24, 2.45) is 0 Å². The van der Waals surface area contributed by atoms with E-state index in [-0.39, 0.29) is 41.6 Å². The number of halogens is 1. The Kier molecular flexibility index (Phi) is 8.10. The van der Waals surface area contributed by atoms with Crippen molar-refractivity contribution in [1.82, 2.24) is 5.32 Å². The number of aliphatic carboxylic acids is 1. The number of ketones is 1. The standard InChI is InChI=1S/C15H18FNO5S/c1-22-13-4-2-10(8-11(13)16)12(18)3-5-14(19)17-6-7-23-9-15(20)21/h2,4,8H,3,5-7,9H2,1H3,(H,17,19)(H,20,21). The molecule has 8 heteroatoms. The minimum atomic E-state index is -0.904. The van der Waals surface area contributed by atoms with E-state index in [0.29, 0.717) is 12.3 Å². The first kappa shape index (κ1) is 19.0. The second-order valence-corrected chi connectivity index (χ2v) is 5.67. The van der Waals surface area contributed by atoms with Crippen LogP contribution < -0.4 is 10.1 Å². The van der Waals surface area contributed by atoms with Gasteiger partial charge in [0.05, 0.1) is 12.9 Å². The lowest BCUT2D eigenvalue weighted by Gasteiger charge is -2.06. The van der Waals surface area contributed by atoms with Gasteiger partial charge < -0.3 is 15.2 Å². The molecule has 0 fully saturated rings. The Morgan fingerprint density at radius 2 is 2.04 bits per heavy atom. The number of thioether (sulfide) groups is 1. The highest BCUT2D eigenvalue weighted by molar-refractivity contribution is 7.99. The molecule has 0 aliphatic carbocycles. The van der Waals surface area contributed by atoms with Crippen molar-refractivity contribution in [3.05, 3.63) is 29.6 Å². The highest BCUT2D eigenvalue weighted by Gasteiger charge is 2.12. The molecule has 0 aromatic heterocycles. The zero-order chi connectivity index (χ0) is 17.2. The van der Waals surface area contributed by atoms with Gasteiger partial charge in [0.2, 0.25) is 5.91 Å². The van der Waals surface area contributed by atoms with E-state index in [9.17, 15) is 18.8 Å². The maximum atomic E-state index is 13.5. The Labute approximate surface area is 137 Å². The van der Waals surface area contributed by atoms with Gasteiger partial charge in [-0.3, -0.25) is 14.4 Å². The summed E-state index contributed by atoms with van der Waals surface area (Å²) in [6, 6.07) is 3.90. The molecule has 23 heavy (non-hydrogen) atoms. The Hall–Kier alpha value is -2.09. The molecule has 0 saturated heterocycles. The number of hydrogen-bond donors (Lipinski definition) is 2. The van der Waals surface area contributed by atoms with Crippen LogP contribution in [0.4, 0.5) is 4.39 Å². The zero-order valence-corrected chi connectivity index (χ0v) is 13.5. The second kappa shape index (κ2) is 9.83. The Morgan fingerprint density at radius 1 is 1.30 bits per heavy atom. The van der Waals surface area contributed by atoms with E-state index in [0.717, 1.165) is 6.07 Å². The SMILES string of the molecule is COc1ccc(C(=O)CCC(=O)NCCSCC(=O)O)cc1F. The molecule has 0 radical (unpaired) electrons. The van der Waals surface area contributed by atoms with Crippen LogP contribution in [0.5, 0.6) is 5.75 Å². The normalized spacial score (nSPS) is 10.2. The number of carbonyl (C=O) groups is 3. The van der Waals surface area contributed by atoms with Crippen LogP contribution in [0.15, 0.2) is 18.2 Å². The van der Waals surface area contributed by atoms with E-state index in [1.165, 1.54) is 31.0 Å². The van der Waals surface area contributed by atoms with E-state index in [1.807, 2.05) is 0 Å². The van der Waals surface area contributed by atoms with Crippen molar-refractivity contribution >= 4 is 29.4 Å². The number of Topliss-reactive ketones (excluding diaryl/α,β-unsaturated/α-hetero) is 1. The first-order valence-corrected chi connectivity index (χ1v) is 8.02. The fourth-order valence-corrected chi connectivity index (χ4v) is 2.29. The van der Waals surface area contributed by atoms with E-state index < -0.39 is 11.8 Å². The summed E-state index contributed by atoms with van der Waals surface area (Å²) >= 11 is 1.19. The van der Waals surface area contributed by atoms with Gasteiger partial charge in [0.15, 0.2) is 17.3 Å². The number of carboxylic acids is 1. The second-order valence-electron chi connectivity index (χ2n) is 4.57. The summed E-state index contributed by atoms with van der Waals surface area (Å²) in [7, 11) is 1.33. The third-order valence-corrected chi connectivity index (χ3v) is 3.79. The number of nitrogens with one attached hydrogen (secondary N) is 1. The first-order chi connectivity index (χ1) is 10.9. The maximum absolute atomic E-state index is 13.5. The van der Waals surface area contributed by atoms with E-state index in [2.05, 4.69) is 5.32 Å². The lowest BCUT2D eigenvalue weighted by molar-refractivity contribution is -0.133. The summed E-state index contributed by atoms with van der Waals surface area (Å²) in [4.78, 5) is 33.7. The third kappa shape index (κ3) is 7.14. The molecule has 1 aromatic rings. The number of carboxylic acid groups (broad SMARTS) is 1. The van der Waals surface area contributed by atoms with Gasteiger partial charge >= 0.3 is 5.97 Å². The van der Waals surface area contributed by atoms with Crippen molar-refractivity contribution in [2.75, 3.05) is 25.2 Å². The maximum Gasteiger partial charge on any atom is 0.313 e. The van der Waals surface area contributed by atoms with Gasteiger partial charge in [-0.15, -0.1) is 11.8 Å². The summed E-state index contributed by atoms with van der Waals surface area (Å²) in [5.41, 5.74) is 0.188. The van der Waals surface area contributed by atoms with Crippen molar-refractivity contribution in [3.8, 4) is 5.75 Å². The molecule has 0 spiro atoms. The molecule has 0 saturated carbocycles. The number of ether oxygens (including phenoxy) is 1. The van der Waals surface area contributed by atoms with Crippen LogP contribution in [-0.2, 0) is 9.59 Å². The van der Waals surface area contributed by atoms with Crippen molar-refractivity contribution in [1.29, 1.82) is 0 Å². The number of carbonyl (C=O) groups excluding carboxylic acids is 2. The van der Waals surface area contributed by atoms with E-state index in [1.54, 1.807) is 0 Å². The number of hydrogen-bond acceptors (Lipinski definition) is 5.